The van der Waals surface area contributed by atoms with Gasteiger partial charge in [-0.2, -0.15) is 0 Å². The molecule has 0 bridgehead atoms. The Hall–Kier alpha value is -0.380. The minimum Gasteiger partial charge on any atom is -0.312 e. The maximum absolute atomic E-state index is 3.47. The molecular weight excluding hydrogens is 228 g/mol. The van der Waals surface area contributed by atoms with Gasteiger partial charge in [-0.05, 0) is 51.0 Å². The van der Waals surface area contributed by atoms with E-state index in [0.717, 1.165) is 13.1 Å². The molecule has 96 valence electrons. The molecule has 0 radical (unpaired) electrons. The first-order valence-electron chi connectivity index (χ1n) is 6.89. The van der Waals surface area contributed by atoms with E-state index < -0.39 is 0 Å². The fraction of sp³-hybridized carbons (Fsp3) is 0.714. The molecule has 1 aliphatic rings. The summed E-state index contributed by atoms with van der Waals surface area (Å²) in [5.74, 6) is 0. The van der Waals surface area contributed by atoms with Crippen LogP contribution in [0.25, 0.3) is 0 Å². The molecule has 1 fully saturated rings. The number of rotatable bonds is 6. The minimum atomic E-state index is 1.04. The predicted octanol–water partition coefficient (Wildman–Crippen LogP) is 3.23. The van der Waals surface area contributed by atoms with E-state index in [1.54, 1.807) is 0 Å². The van der Waals surface area contributed by atoms with Gasteiger partial charge >= 0.3 is 0 Å². The molecule has 1 aromatic heterocycles. The average Bonchev–Trinajstić information content (AvgIpc) is 2.79. The molecule has 0 spiro atoms. The first-order chi connectivity index (χ1) is 8.38. The minimum absolute atomic E-state index is 1.04. The highest BCUT2D eigenvalue weighted by Crippen LogP contribution is 2.20. The molecule has 0 saturated carbocycles. The maximum atomic E-state index is 3.47. The summed E-state index contributed by atoms with van der Waals surface area (Å²) in [5.41, 5.74) is 0. The quantitative estimate of drug-likeness (QED) is 0.782. The van der Waals surface area contributed by atoms with Gasteiger partial charge in [-0.1, -0.05) is 13.3 Å². The summed E-state index contributed by atoms with van der Waals surface area (Å²) in [5, 5.41) is 3.47. The lowest BCUT2D eigenvalue weighted by atomic mass is 10.1. The van der Waals surface area contributed by atoms with Gasteiger partial charge in [0, 0.05) is 22.8 Å². The van der Waals surface area contributed by atoms with Crippen LogP contribution in [-0.2, 0) is 13.1 Å². The van der Waals surface area contributed by atoms with Gasteiger partial charge in [0.05, 0.1) is 0 Å². The van der Waals surface area contributed by atoms with E-state index in [0.29, 0.717) is 0 Å². The molecule has 0 aromatic carbocycles. The Labute approximate surface area is 109 Å². The number of nitrogens with zero attached hydrogens (tertiary/aromatic N) is 1. The molecule has 1 aromatic rings. The van der Waals surface area contributed by atoms with Crippen LogP contribution in [-0.4, -0.2) is 24.5 Å². The van der Waals surface area contributed by atoms with Gasteiger partial charge in [0.15, 0.2) is 0 Å². The fourth-order valence-electron chi connectivity index (χ4n) is 2.33. The summed E-state index contributed by atoms with van der Waals surface area (Å²) in [6.07, 6.45) is 5.41. The van der Waals surface area contributed by atoms with Crippen molar-refractivity contribution in [3.05, 3.63) is 21.9 Å². The van der Waals surface area contributed by atoms with Crippen LogP contribution in [0.2, 0.25) is 0 Å². The number of thiophene rings is 1. The highest BCUT2D eigenvalue weighted by molar-refractivity contribution is 7.11. The third-order valence-corrected chi connectivity index (χ3v) is 4.34. The molecule has 1 saturated heterocycles. The SMILES string of the molecule is CCCNCc1ccc(CN2CCCCC2)s1. The smallest absolute Gasteiger partial charge is 0.0328 e. The highest BCUT2D eigenvalue weighted by Gasteiger charge is 2.11. The zero-order valence-corrected chi connectivity index (χ0v) is 11.7. The highest BCUT2D eigenvalue weighted by atomic mass is 32.1. The normalized spacial score (nSPS) is 17.5. The lowest BCUT2D eigenvalue weighted by Gasteiger charge is -2.25. The molecule has 0 aliphatic carbocycles. The van der Waals surface area contributed by atoms with E-state index in [1.807, 2.05) is 11.3 Å². The van der Waals surface area contributed by atoms with Crippen molar-refractivity contribution in [2.24, 2.45) is 0 Å². The Bertz CT molecular complexity index is 316. The summed E-state index contributed by atoms with van der Waals surface area (Å²) < 4.78 is 0. The van der Waals surface area contributed by atoms with Crippen molar-refractivity contribution in [1.82, 2.24) is 10.2 Å². The van der Waals surface area contributed by atoms with Crippen molar-refractivity contribution in [1.29, 1.82) is 0 Å². The van der Waals surface area contributed by atoms with Gasteiger partial charge in [0.1, 0.15) is 0 Å². The van der Waals surface area contributed by atoms with Crippen molar-refractivity contribution in [3.63, 3.8) is 0 Å². The van der Waals surface area contributed by atoms with Crippen LogP contribution in [0.15, 0.2) is 12.1 Å². The Morgan fingerprint density at radius 1 is 1.18 bits per heavy atom. The van der Waals surface area contributed by atoms with Gasteiger partial charge < -0.3 is 5.32 Å². The monoisotopic (exact) mass is 252 g/mol. The molecule has 2 nitrogen and oxygen atoms in total. The first-order valence-corrected chi connectivity index (χ1v) is 7.71. The van der Waals surface area contributed by atoms with E-state index in [2.05, 4.69) is 29.3 Å². The average molecular weight is 252 g/mol. The summed E-state index contributed by atoms with van der Waals surface area (Å²) in [4.78, 5) is 5.60. The lowest BCUT2D eigenvalue weighted by molar-refractivity contribution is 0.222. The van der Waals surface area contributed by atoms with Crippen LogP contribution < -0.4 is 5.32 Å². The molecule has 2 rings (SSSR count). The predicted molar refractivity (Wildman–Crippen MR) is 75.4 cm³/mol. The van der Waals surface area contributed by atoms with Crippen LogP contribution in [0.4, 0.5) is 0 Å². The van der Waals surface area contributed by atoms with Crippen LogP contribution in [0.3, 0.4) is 0 Å². The number of nitrogens with one attached hydrogen (secondary N) is 1. The fourth-order valence-corrected chi connectivity index (χ4v) is 3.36. The standard InChI is InChI=1S/C14H24N2S/c1-2-8-15-11-13-6-7-14(17-13)12-16-9-4-3-5-10-16/h6-7,15H,2-5,8-12H2,1H3. The third kappa shape index (κ3) is 4.41. The zero-order valence-electron chi connectivity index (χ0n) is 10.9. The molecule has 3 heteroatoms. The van der Waals surface area contributed by atoms with Crippen molar-refractivity contribution in [2.75, 3.05) is 19.6 Å². The maximum Gasteiger partial charge on any atom is 0.0328 e. The summed E-state index contributed by atoms with van der Waals surface area (Å²) >= 11 is 1.97. The van der Waals surface area contributed by atoms with E-state index in [-0.39, 0.29) is 0 Å². The Kier molecular flexibility index (Phi) is 5.49. The van der Waals surface area contributed by atoms with Gasteiger partial charge in [0.2, 0.25) is 0 Å². The van der Waals surface area contributed by atoms with Crippen LogP contribution in [0.5, 0.6) is 0 Å². The van der Waals surface area contributed by atoms with E-state index in [9.17, 15) is 0 Å². The van der Waals surface area contributed by atoms with Crippen molar-refractivity contribution in [2.45, 2.75) is 45.7 Å². The van der Waals surface area contributed by atoms with Crippen LogP contribution in [0, 0.1) is 0 Å². The molecule has 1 N–H and O–H groups in total. The Balaban J connectivity index is 1.76. The first kappa shape index (κ1) is 13.1. The van der Waals surface area contributed by atoms with Gasteiger partial charge in [0.25, 0.3) is 0 Å². The molecular formula is C14H24N2S. The molecule has 1 aliphatic heterocycles. The van der Waals surface area contributed by atoms with Gasteiger partial charge in [-0.25, -0.2) is 0 Å². The summed E-state index contributed by atoms with van der Waals surface area (Å²) in [7, 11) is 0. The molecule has 2 heterocycles. The second-order valence-corrected chi connectivity index (χ2v) is 6.13. The molecule has 17 heavy (non-hydrogen) atoms. The van der Waals surface area contributed by atoms with Crippen molar-refractivity contribution in [3.8, 4) is 0 Å². The number of hydrogen-bond donors (Lipinski definition) is 1. The second kappa shape index (κ2) is 7.14. The Morgan fingerprint density at radius 2 is 1.94 bits per heavy atom. The van der Waals surface area contributed by atoms with E-state index >= 15 is 0 Å². The van der Waals surface area contributed by atoms with Gasteiger partial charge in [-0.15, -0.1) is 11.3 Å². The van der Waals surface area contributed by atoms with E-state index in [4.69, 9.17) is 0 Å². The Morgan fingerprint density at radius 3 is 2.71 bits per heavy atom. The molecule has 0 amide bonds. The van der Waals surface area contributed by atoms with Crippen molar-refractivity contribution < 1.29 is 0 Å². The summed E-state index contributed by atoms with van der Waals surface area (Å²) in [6.45, 7) is 8.13. The van der Waals surface area contributed by atoms with Crippen molar-refractivity contribution >= 4 is 11.3 Å². The zero-order chi connectivity index (χ0) is 11.9. The van der Waals surface area contributed by atoms with E-state index in [1.165, 1.54) is 55.1 Å². The van der Waals surface area contributed by atoms with Gasteiger partial charge in [-0.3, -0.25) is 4.90 Å². The third-order valence-electron chi connectivity index (χ3n) is 3.27. The topological polar surface area (TPSA) is 15.3 Å². The summed E-state index contributed by atoms with van der Waals surface area (Å²) in [6, 6.07) is 4.59. The number of piperidine rings is 1. The second-order valence-electron chi connectivity index (χ2n) is 4.88. The molecule has 0 atom stereocenters. The van der Waals surface area contributed by atoms with Crippen LogP contribution >= 0.6 is 11.3 Å². The molecule has 0 unspecified atom stereocenters. The largest absolute Gasteiger partial charge is 0.312 e. The number of hydrogen-bond acceptors (Lipinski definition) is 3. The van der Waals surface area contributed by atoms with Crippen LogP contribution in [0.1, 0.15) is 42.4 Å². The lowest BCUT2D eigenvalue weighted by Crippen LogP contribution is -2.28. The number of likely N-dealkylation sites (tertiary alicyclic amines) is 1.